The summed E-state index contributed by atoms with van der Waals surface area (Å²) in [6.45, 7) is 4.63. The number of hydrogen-bond acceptors (Lipinski definition) is 4. The van der Waals surface area contributed by atoms with E-state index < -0.39 is 0 Å². The first-order valence-electron chi connectivity index (χ1n) is 5.88. The third-order valence-corrected chi connectivity index (χ3v) is 2.55. The van der Waals surface area contributed by atoms with Crippen LogP contribution in [-0.4, -0.2) is 25.8 Å². The fourth-order valence-electron chi connectivity index (χ4n) is 1.65. The second-order valence-electron chi connectivity index (χ2n) is 4.45. The highest BCUT2D eigenvalue weighted by Gasteiger charge is 2.07. The van der Waals surface area contributed by atoms with Crippen LogP contribution in [0.4, 0.5) is 0 Å². The van der Waals surface area contributed by atoms with Gasteiger partial charge in [0.1, 0.15) is 5.82 Å². The van der Waals surface area contributed by atoms with E-state index in [1.165, 1.54) is 6.07 Å². The van der Waals surface area contributed by atoms with Crippen molar-refractivity contribution in [3.63, 3.8) is 0 Å². The summed E-state index contributed by atoms with van der Waals surface area (Å²) in [5.74, 6) is 0.632. The molecule has 0 bridgehead atoms. The van der Waals surface area contributed by atoms with E-state index in [2.05, 4.69) is 20.4 Å². The number of aromatic nitrogens is 4. The SMILES string of the molecule is CC(C)NCc1nc(-c2ccnn2C)cc(=O)[nH]1. The molecular formula is C12H17N5O. The zero-order chi connectivity index (χ0) is 13.1. The summed E-state index contributed by atoms with van der Waals surface area (Å²) in [7, 11) is 1.82. The van der Waals surface area contributed by atoms with Crippen molar-refractivity contribution in [1.29, 1.82) is 0 Å². The van der Waals surface area contributed by atoms with Crippen LogP contribution >= 0.6 is 0 Å². The Kier molecular flexibility index (Phi) is 3.57. The van der Waals surface area contributed by atoms with Crippen LogP contribution in [0.3, 0.4) is 0 Å². The lowest BCUT2D eigenvalue weighted by atomic mass is 10.3. The molecule has 0 aliphatic heterocycles. The molecule has 0 amide bonds. The minimum absolute atomic E-state index is 0.151. The van der Waals surface area contributed by atoms with E-state index >= 15 is 0 Å². The van der Waals surface area contributed by atoms with Crippen molar-refractivity contribution in [2.24, 2.45) is 7.05 Å². The van der Waals surface area contributed by atoms with Crippen molar-refractivity contribution in [3.8, 4) is 11.4 Å². The van der Waals surface area contributed by atoms with Crippen molar-refractivity contribution in [2.75, 3.05) is 0 Å². The maximum absolute atomic E-state index is 11.6. The highest BCUT2D eigenvalue weighted by molar-refractivity contribution is 5.53. The Bertz CT molecular complexity index is 584. The summed E-state index contributed by atoms with van der Waals surface area (Å²) in [6.07, 6.45) is 1.68. The molecule has 0 saturated carbocycles. The Labute approximate surface area is 105 Å². The summed E-state index contributed by atoms with van der Waals surface area (Å²) in [4.78, 5) is 18.8. The number of rotatable bonds is 4. The Morgan fingerprint density at radius 1 is 1.50 bits per heavy atom. The maximum atomic E-state index is 11.6. The highest BCUT2D eigenvalue weighted by Crippen LogP contribution is 2.13. The minimum Gasteiger partial charge on any atom is -0.309 e. The molecule has 0 atom stereocenters. The molecule has 0 saturated heterocycles. The van der Waals surface area contributed by atoms with Crippen LogP contribution in [0.1, 0.15) is 19.7 Å². The molecule has 2 rings (SSSR count). The van der Waals surface area contributed by atoms with Gasteiger partial charge in [0.25, 0.3) is 5.56 Å². The molecular weight excluding hydrogens is 230 g/mol. The normalized spacial score (nSPS) is 11.1. The molecule has 2 aromatic heterocycles. The average molecular weight is 247 g/mol. The lowest BCUT2D eigenvalue weighted by Gasteiger charge is -2.08. The van der Waals surface area contributed by atoms with Crippen LogP contribution in [0, 0.1) is 0 Å². The van der Waals surface area contributed by atoms with Crippen molar-refractivity contribution in [1.82, 2.24) is 25.1 Å². The molecule has 0 aliphatic carbocycles. The fraction of sp³-hybridized carbons (Fsp3) is 0.417. The quantitative estimate of drug-likeness (QED) is 0.832. The monoisotopic (exact) mass is 247 g/mol. The standard InChI is InChI=1S/C12H17N5O/c1-8(2)13-7-11-15-9(6-12(18)16-11)10-4-5-14-17(10)3/h4-6,8,13H,7H2,1-3H3,(H,15,16,18). The van der Waals surface area contributed by atoms with Crippen molar-refractivity contribution >= 4 is 0 Å². The van der Waals surface area contributed by atoms with Crippen LogP contribution < -0.4 is 10.9 Å². The number of H-pyrrole nitrogens is 1. The number of aryl methyl sites for hydroxylation is 1. The fourth-order valence-corrected chi connectivity index (χ4v) is 1.65. The second-order valence-corrected chi connectivity index (χ2v) is 4.45. The molecule has 0 fully saturated rings. The van der Waals surface area contributed by atoms with Gasteiger partial charge in [-0.1, -0.05) is 13.8 Å². The lowest BCUT2D eigenvalue weighted by molar-refractivity contribution is 0.571. The van der Waals surface area contributed by atoms with E-state index in [0.29, 0.717) is 24.1 Å². The smallest absolute Gasteiger partial charge is 0.251 e. The van der Waals surface area contributed by atoms with Gasteiger partial charge >= 0.3 is 0 Å². The molecule has 2 heterocycles. The Hall–Kier alpha value is -1.95. The lowest BCUT2D eigenvalue weighted by Crippen LogP contribution is -2.25. The van der Waals surface area contributed by atoms with Gasteiger partial charge in [-0.25, -0.2) is 4.98 Å². The summed E-state index contributed by atoms with van der Waals surface area (Å²) in [5.41, 5.74) is 1.31. The molecule has 2 aromatic rings. The van der Waals surface area contributed by atoms with Crippen molar-refractivity contribution in [2.45, 2.75) is 26.4 Å². The summed E-state index contributed by atoms with van der Waals surface area (Å²) >= 11 is 0. The third kappa shape index (κ3) is 2.84. The molecule has 0 unspecified atom stereocenters. The highest BCUT2D eigenvalue weighted by atomic mass is 16.1. The number of nitrogens with one attached hydrogen (secondary N) is 2. The van der Waals surface area contributed by atoms with Gasteiger partial charge in [0.2, 0.25) is 0 Å². The van der Waals surface area contributed by atoms with Gasteiger partial charge in [-0.3, -0.25) is 9.48 Å². The molecule has 6 nitrogen and oxygen atoms in total. The predicted molar refractivity (Wildman–Crippen MR) is 69.0 cm³/mol. The Morgan fingerprint density at radius 3 is 2.89 bits per heavy atom. The minimum atomic E-state index is -0.151. The van der Waals surface area contributed by atoms with Crippen LogP contribution in [-0.2, 0) is 13.6 Å². The average Bonchev–Trinajstić information content (AvgIpc) is 2.72. The summed E-state index contributed by atoms with van der Waals surface area (Å²) in [6, 6.07) is 3.66. The summed E-state index contributed by atoms with van der Waals surface area (Å²) < 4.78 is 1.70. The van der Waals surface area contributed by atoms with Crippen molar-refractivity contribution < 1.29 is 0 Å². The van der Waals surface area contributed by atoms with Gasteiger partial charge < -0.3 is 10.3 Å². The summed E-state index contributed by atoms with van der Waals surface area (Å²) in [5, 5.41) is 7.30. The van der Waals surface area contributed by atoms with Crippen LogP contribution in [0.2, 0.25) is 0 Å². The Balaban J connectivity index is 2.33. The topological polar surface area (TPSA) is 75.6 Å². The molecule has 18 heavy (non-hydrogen) atoms. The second kappa shape index (κ2) is 5.14. The zero-order valence-electron chi connectivity index (χ0n) is 10.8. The van der Waals surface area contributed by atoms with Gasteiger partial charge in [-0.05, 0) is 6.07 Å². The molecule has 2 N–H and O–H groups in total. The number of nitrogens with zero attached hydrogens (tertiary/aromatic N) is 3. The molecule has 0 radical (unpaired) electrons. The first kappa shape index (κ1) is 12.5. The molecule has 6 heteroatoms. The van der Waals surface area contributed by atoms with Gasteiger partial charge in [-0.2, -0.15) is 5.10 Å². The maximum Gasteiger partial charge on any atom is 0.251 e. The molecule has 0 aliphatic rings. The van der Waals surface area contributed by atoms with E-state index in [0.717, 1.165) is 5.69 Å². The van der Waals surface area contributed by atoms with E-state index in [-0.39, 0.29) is 5.56 Å². The molecule has 0 spiro atoms. The van der Waals surface area contributed by atoms with Gasteiger partial charge in [0.05, 0.1) is 17.9 Å². The van der Waals surface area contributed by atoms with Crippen LogP contribution in [0.5, 0.6) is 0 Å². The number of hydrogen-bond donors (Lipinski definition) is 2. The van der Waals surface area contributed by atoms with E-state index in [4.69, 9.17) is 0 Å². The molecule has 96 valence electrons. The van der Waals surface area contributed by atoms with Crippen LogP contribution in [0.25, 0.3) is 11.4 Å². The number of aromatic amines is 1. The van der Waals surface area contributed by atoms with Gasteiger partial charge in [0.15, 0.2) is 0 Å². The Morgan fingerprint density at radius 2 is 2.28 bits per heavy atom. The van der Waals surface area contributed by atoms with E-state index in [1.807, 2.05) is 27.0 Å². The van der Waals surface area contributed by atoms with E-state index in [1.54, 1.807) is 10.9 Å². The van der Waals surface area contributed by atoms with E-state index in [9.17, 15) is 4.79 Å². The van der Waals surface area contributed by atoms with Gasteiger partial charge in [0, 0.05) is 25.4 Å². The first-order chi connectivity index (χ1) is 8.56. The molecule has 0 aromatic carbocycles. The predicted octanol–water partition coefficient (Wildman–Crippen LogP) is 0.668. The first-order valence-corrected chi connectivity index (χ1v) is 5.88. The largest absolute Gasteiger partial charge is 0.309 e. The van der Waals surface area contributed by atoms with Crippen LogP contribution in [0.15, 0.2) is 23.1 Å². The zero-order valence-corrected chi connectivity index (χ0v) is 10.8. The van der Waals surface area contributed by atoms with Crippen molar-refractivity contribution in [3.05, 3.63) is 34.5 Å². The third-order valence-electron chi connectivity index (χ3n) is 2.55. The van der Waals surface area contributed by atoms with Gasteiger partial charge in [-0.15, -0.1) is 0 Å².